The zero-order chi connectivity index (χ0) is 22.7. The molecule has 0 unspecified atom stereocenters. The SMILES string of the molecule is COc1cc(/C=C2\N=C(c3ccc(C)cc3)OC2=O)cc(Br)c1OC(=O)c1ccccc1. The number of aryl methyl sites for hydroxylation is 1. The van der Waals surface area contributed by atoms with E-state index < -0.39 is 11.9 Å². The number of rotatable bonds is 5. The van der Waals surface area contributed by atoms with E-state index in [0.29, 0.717) is 26.9 Å². The van der Waals surface area contributed by atoms with Crippen molar-refractivity contribution >= 4 is 39.8 Å². The van der Waals surface area contributed by atoms with Crippen molar-refractivity contribution in [3.63, 3.8) is 0 Å². The molecule has 0 bridgehead atoms. The number of carbonyl (C=O) groups excluding carboxylic acids is 2. The minimum Gasteiger partial charge on any atom is -0.493 e. The fourth-order valence-electron chi connectivity index (χ4n) is 3.03. The van der Waals surface area contributed by atoms with E-state index in [1.165, 1.54) is 7.11 Å². The Morgan fingerprint density at radius 2 is 1.78 bits per heavy atom. The summed E-state index contributed by atoms with van der Waals surface area (Å²) in [5, 5.41) is 0. The number of methoxy groups -OCH3 is 1. The minimum absolute atomic E-state index is 0.156. The highest BCUT2D eigenvalue weighted by Crippen LogP contribution is 2.38. The standard InChI is InChI=1S/C25H18BrNO5/c1-15-8-10-17(11-9-15)23-27-20(25(29)32-23)13-16-12-19(26)22(21(14-16)30-2)31-24(28)18-6-4-3-5-7-18/h3-14H,1-2H3/b20-13-. The summed E-state index contributed by atoms with van der Waals surface area (Å²) >= 11 is 3.42. The average Bonchev–Trinajstić information content (AvgIpc) is 3.16. The molecule has 3 aromatic rings. The highest BCUT2D eigenvalue weighted by atomic mass is 79.9. The van der Waals surface area contributed by atoms with Crippen LogP contribution in [0.2, 0.25) is 0 Å². The van der Waals surface area contributed by atoms with Gasteiger partial charge in [-0.3, -0.25) is 0 Å². The summed E-state index contributed by atoms with van der Waals surface area (Å²) in [7, 11) is 1.47. The first kappa shape index (κ1) is 21.5. The van der Waals surface area contributed by atoms with Crippen molar-refractivity contribution in [2.24, 2.45) is 4.99 Å². The quantitative estimate of drug-likeness (QED) is 0.274. The van der Waals surface area contributed by atoms with E-state index in [9.17, 15) is 9.59 Å². The van der Waals surface area contributed by atoms with E-state index in [-0.39, 0.29) is 17.3 Å². The molecule has 0 spiro atoms. The first-order valence-corrected chi connectivity index (χ1v) is 10.5. The van der Waals surface area contributed by atoms with Gasteiger partial charge in [-0.2, -0.15) is 0 Å². The van der Waals surface area contributed by atoms with Crippen LogP contribution < -0.4 is 9.47 Å². The Morgan fingerprint density at radius 1 is 1.06 bits per heavy atom. The number of ether oxygens (including phenoxy) is 3. The predicted octanol–water partition coefficient (Wildman–Crippen LogP) is 5.33. The lowest BCUT2D eigenvalue weighted by Gasteiger charge is -2.12. The van der Waals surface area contributed by atoms with Crippen LogP contribution in [0, 0.1) is 6.92 Å². The van der Waals surface area contributed by atoms with Crippen LogP contribution in [0.15, 0.2) is 81.9 Å². The molecule has 32 heavy (non-hydrogen) atoms. The smallest absolute Gasteiger partial charge is 0.363 e. The van der Waals surface area contributed by atoms with Crippen molar-refractivity contribution in [3.8, 4) is 11.5 Å². The van der Waals surface area contributed by atoms with Gasteiger partial charge in [-0.15, -0.1) is 0 Å². The zero-order valence-corrected chi connectivity index (χ0v) is 18.9. The Kier molecular flexibility index (Phi) is 6.18. The van der Waals surface area contributed by atoms with E-state index in [4.69, 9.17) is 14.2 Å². The van der Waals surface area contributed by atoms with Gasteiger partial charge in [-0.25, -0.2) is 14.6 Å². The van der Waals surface area contributed by atoms with Gasteiger partial charge in [0.15, 0.2) is 17.2 Å². The van der Waals surface area contributed by atoms with Crippen LogP contribution in [0.25, 0.3) is 6.08 Å². The van der Waals surface area contributed by atoms with Crippen LogP contribution >= 0.6 is 15.9 Å². The van der Waals surface area contributed by atoms with Crippen LogP contribution in [-0.4, -0.2) is 24.9 Å². The molecule has 0 N–H and O–H groups in total. The van der Waals surface area contributed by atoms with Crippen molar-refractivity contribution in [3.05, 3.63) is 99.2 Å². The van der Waals surface area contributed by atoms with Crippen molar-refractivity contribution in [2.75, 3.05) is 7.11 Å². The largest absolute Gasteiger partial charge is 0.493 e. The summed E-state index contributed by atoms with van der Waals surface area (Å²) in [5.74, 6) is -0.246. The molecule has 160 valence electrons. The molecule has 3 aromatic carbocycles. The summed E-state index contributed by atoms with van der Waals surface area (Å²) in [4.78, 5) is 29.1. The van der Waals surface area contributed by atoms with Crippen LogP contribution in [0.1, 0.15) is 27.0 Å². The number of hydrogen-bond donors (Lipinski definition) is 0. The second-order valence-electron chi connectivity index (χ2n) is 6.99. The van der Waals surface area contributed by atoms with Crippen LogP contribution in [0.5, 0.6) is 11.5 Å². The Balaban J connectivity index is 1.62. The minimum atomic E-state index is -0.546. The molecule has 4 rings (SSSR count). The molecule has 7 heteroatoms. The monoisotopic (exact) mass is 491 g/mol. The van der Waals surface area contributed by atoms with Gasteiger partial charge >= 0.3 is 11.9 Å². The first-order valence-electron chi connectivity index (χ1n) is 9.69. The van der Waals surface area contributed by atoms with Gasteiger partial charge in [0.25, 0.3) is 0 Å². The molecule has 6 nitrogen and oxygen atoms in total. The topological polar surface area (TPSA) is 74.2 Å². The lowest BCUT2D eigenvalue weighted by Crippen LogP contribution is -2.09. The van der Waals surface area contributed by atoms with E-state index in [1.807, 2.05) is 37.3 Å². The predicted molar refractivity (Wildman–Crippen MR) is 124 cm³/mol. The number of benzene rings is 3. The third-order valence-corrected chi connectivity index (χ3v) is 5.27. The van der Waals surface area contributed by atoms with E-state index in [1.54, 1.807) is 42.5 Å². The lowest BCUT2D eigenvalue weighted by atomic mass is 10.1. The number of nitrogens with zero attached hydrogens (tertiary/aromatic N) is 1. The number of hydrogen-bond acceptors (Lipinski definition) is 6. The van der Waals surface area contributed by atoms with E-state index in [0.717, 1.165) is 5.56 Å². The van der Waals surface area contributed by atoms with Crippen molar-refractivity contribution in [1.82, 2.24) is 0 Å². The van der Waals surface area contributed by atoms with Crippen molar-refractivity contribution < 1.29 is 23.8 Å². The number of esters is 2. The molecule has 0 amide bonds. The second kappa shape index (κ2) is 9.20. The third kappa shape index (κ3) is 4.63. The molecular weight excluding hydrogens is 474 g/mol. The third-order valence-electron chi connectivity index (χ3n) is 4.68. The Morgan fingerprint density at radius 3 is 2.47 bits per heavy atom. The number of carbonyl (C=O) groups is 2. The summed E-state index contributed by atoms with van der Waals surface area (Å²) < 4.78 is 16.7. The van der Waals surface area contributed by atoms with Crippen LogP contribution in [0.3, 0.4) is 0 Å². The summed E-state index contributed by atoms with van der Waals surface area (Å²) in [6, 6.07) is 19.5. The summed E-state index contributed by atoms with van der Waals surface area (Å²) in [6.07, 6.45) is 1.58. The molecule has 0 fully saturated rings. The average molecular weight is 492 g/mol. The lowest BCUT2D eigenvalue weighted by molar-refractivity contribution is -0.129. The molecule has 0 aromatic heterocycles. The summed E-state index contributed by atoms with van der Waals surface area (Å²) in [5.41, 5.74) is 3.01. The maximum Gasteiger partial charge on any atom is 0.363 e. The van der Waals surface area contributed by atoms with Gasteiger partial charge in [0, 0.05) is 5.56 Å². The van der Waals surface area contributed by atoms with Crippen LogP contribution in [-0.2, 0) is 9.53 Å². The zero-order valence-electron chi connectivity index (χ0n) is 17.3. The number of aliphatic imine (C=N–C) groups is 1. The fourth-order valence-corrected chi connectivity index (χ4v) is 3.58. The molecule has 0 atom stereocenters. The van der Waals surface area contributed by atoms with Crippen LogP contribution in [0.4, 0.5) is 0 Å². The van der Waals surface area contributed by atoms with Gasteiger partial charge < -0.3 is 14.2 Å². The maximum absolute atomic E-state index is 12.4. The molecule has 1 aliphatic rings. The molecule has 0 aliphatic carbocycles. The number of halogens is 1. The fraction of sp³-hybridized carbons (Fsp3) is 0.0800. The van der Waals surface area contributed by atoms with Gasteiger partial charge in [0.1, 0.15) is 0 Å². The van der Waals surface area contributed by atoms with Gasteiger partial charge in [0.2, 0.25) is 5.90 Å². The van der Waals surface area contributed by atoms with Gasteiger partial charge in [-0.1, -0.05) is 35.9 Å². The molecule has 0 radical (unpaired) electrons. The first-order chi connectivity index (χ1) is 15.4. The highest BCUT2D eigenvalue weighted by Gasteiger charge is 2.25. The van der Waals surface area contributed by atoms with Crippen molar-refractivity contribution in [2.45, 2.75) is 6.92 Å². The van der Waals surface area contributed by atoms with Gasteiger partial charge in [-0.05, 0) is 70.9 Å². The molecular formula is C25H18BrNO5. The Hall–Kier alpha value is -3.71. The second-order valence-corrected chi connectivity index (χ2v) is 7.85. The normalized spacial score (nSPS) is 14.2. The molecule has 0 saturated carbocycles. The van der Waals surface area contributed by atoms with Gasteiger partial charge in [0.05, 0.1) is 17.1 Å². The Bertz CT molecular complexity index is 1250. The number of cyclic esters (lactones) is 1. The molecule has 0 saturated heterocycles. The summed E-state index contributed by atoms with van der Waals surface area (Å²) in [6.45, 7) is 1.98. The van der Waals surface area contributed by atoms with Crippen molar-refractivity contribution in [1.29, 1.82) is 0 Å². The van der Waals surface area contributed by atoms with E-state index >= 15 is 0 Å². The van der Waals surface area contributed by atoms with E-state index in [2.05, 4.69) is 20.9 Å². The maximum atomic E-state index is 12.4. The highest BCUT2D eigenvalue weighted by molar-refractivity contribution is 9.10. The molecule has 1 heterocycles. The Labute approximate surface area is 193 Å². The molecule has 1 aliphatic heterocycles.